The van der Waals surface area contributed by atoms with Gasteiger partial charge in [0.25, 0.3) is 0 Å². The lowest BCUT2D eigenvalue weighted by Crippen LogP contribution is -2.32. The Hall–Kier alpha value is -1.00. The normalized spacial score (nSPS) is 12.5. The molecule has 7 nitrogen and oxygen atoms in total. The predicted octanol–water partition coefficient (Wildman–Crippen LogP) is -0.985. The van der Waals surface area contributed by atoms with Crippen LogP contribution in [0.3, 0.4) is 0 Å². The van der Waals surface area contributed by atoms with Crippen molar-refractivity contribution < 1.29 is 16.8 Å². The SMILES string of the molecule is CNCCS(=O)(=O)NCCc1ccc(S(N)(=O)=O)cc1. The van der Waals surface area contributed by atoms with Gasteiger partial charge in [-0.15, -0.1) is 0 Å². The van der Waals surface area contributed by atoms with Gasteiger partial charge in [-0.1, -0.05) is 12.1 Å². The van der Waals surface area contributed by atoms with Gasteiger partial charge in [-0.05, 0) is 31.2 Å². The van der Waals surface area contributed by atoms with Crippen molar-refractivity contribution in [3.63, 3.8) is 0 Å². The van der Waals surface area contributed by atoms with Gasteiger partial charge in [0.1, 0.15) is 0 Å². The third kappa shape index (κ3) is 5.97. The number of hydrogen-bond donors (Lipinski definition) is 3. The van der Waals surface area contributed by atoms with E-state index in [2.05, 4.69) is 10.0 Å². The predicted molar refractivity (Wildman–Crippen MR) is 77.2 cm³/mol. The molecule has 0 heterocycles. The van der Waals surface area contributed by atoms with Crippen molar-refractivity contribution in [3.8, 4) is 0 Å². The molecule has 0 saturated heterocycles. The quantitative estimate of drug-likeness (QED) is 0.568. The molecule has 1 rings (SSSR count). The zero-order valence-corrected chi connectivity index (χ0v) is 12.8. The molecule has 0 aliphatic rings. The molecule has 0 saturated carbocycles. The van der Waals surface area contributed by atoms with Crippen LogP contribution in [-0.2, 0) is 26.5 Å². The number of benzene rings is 1. The van der Waals surface area contributed by atoms with Crippen LogP contribution in [0.5, 0.6) is 0 Å². The zero-order chi connectivity index (χ0) is 15.2. The number of nitrogens with two attached hydrogens (primary N) is 1. The van der Waals surface area contributed by atoms with Crippen LogP contribution in [0.1, 0.15) is 5.56 Å². The van der Waals surface area contributed by atoms with Gasteiger partial charge < -0.3 is 5.32 Å². The second-order valence-electron chi connectivity index (χ2n) is 4.26. The van der Waals surface area contributed by atoms with Crippen molar-refractivity contribution in [1.29, 1.82) is 0 Å². The highest BCUT2D eigenvalue weighted by atomic mass is 32.2. The van der Waals surface area contributed by atoms with E-state index >= 15 is 0 Å². The van der Waals surface area contributed by atoms with Gasteiger partial charge in [0.15, 0.2) is 0 Å². The topological polar surface area (TPSA) is 118 Å². The first kappa shape index (κ1) is 17.1. The third-order valence-corrected chi connectivity index (χ3v) is 4.92. The van der Waals surface area contributed by atoms with Gasteiger partial charge in [-0.2, -0.15) is 0 Å². The van der Waals surface area contributed by atoms with Gasteiger partial charge in [0.05, 0.1) is 10.6 Å². The summed E-state index contributed by atoms with van der Waals surface area (Å²) in [6.45, 7) is 0.652. The largest absolute Gasteiger partial charge is 0.319 e. The van der Waals surface area contributed by atoms with E-state index in [1.54, 1.807) is 19.2 Å². The molecular weight excluding hydrogens is 302 g/mol. The smallest absolute Gasteiger partial charge is 0.238 e. The molecule has 0 aliphatic carbocycles. The average molecular weight is 321 g/mol. The number of primary sulfonamides is 1. The van der Waals surface area contributed by atoms with E-state index < -0.39 is 20.0 Å². The van der Waals surface area contributed by atoms with Crippen molar-refractivity contribution in [2.24, 2.45) is 5.14 Å². The van der Waals surface area contributed by atoms with E-state index in [0.717, 1.165) is 5.56 Å². The van der Waals surface area contributed by atoms with Crippen LogP contribution in [0, 0.1) is 0 Å². The van der Waals surface area contributed by atoms with Crippen molar-refractivity contribution in [1.82, 2.24) is 10.0 Å². The number of nitrogens with one attached hydrogen (secondary N) is 2. The molecule has 0 unspecified atom stereocenters. The highest BCUT2D eigenvalue weighted by Gasteiger charge is 2.09. The summed E-state index contributed by atoms with van der Waals surface area (Å²) in [7, 11) is -5.28. The molecule has 1 aromatic rings. The van der Waals surface area contributed by atoms with E-state index in [1.807, 2.05) is 0 Å². The molecule has 0 amide bonds. The Labute approximate surface area is 119 Å². The summed E-state index contributed by atoms with van der Waals surface area (Å²) in [6.07, 6.45) is 0.476. The summed E-state index contributed by atoms with van der Waals surface area (Å²) in [6, 6.07) is 6.03. The van der Waals surface area contributed by atoms with Crippen LogP contribution < -0.4 is 15.2 Å². The van der Waals surface area contributed by atoms with Gasteiger partial charge in [-0.3, -0.25) is 0 Å². The highest BCUT2D eigenvalue weighted by Crippen LogP contribution is 2.08. The fourth-order valence-electron chi connectivity index (χ4n) is 1.51. The molecule has 1 aromatic carbocycles. The lowest BCUT2D eigenvalue weighted by atomic mass is 10.2. The molecule has 20 heavy (non-hydrogen) atoms. The maximum absolute atomic E-state index is 11.5. The Bertz CT molecular complexity index is 624. The molecule has 114 valence electrons. The van der Waals surface area contributed by atoms with E-state index in [-0.39, 0.29) is 17.2 Å². The number of rotatable bonds is 8. The van der Waals surface area contributed by atoms with Crippen LogP contribution in [0.4, 0.5) is 0 Å². The Morgan fingerprint density at radius 2 is 1.65 bits per heavy atom. The van der Waals surface area contributed by atoms with E-state index in [4.69, 9.17) is 5.14 Å². The Morgan fingerprint density at radius 1 is 1.05 bits per heavy atom. The molecular formula is C11H19N3O4S2. The zero-order valence-electron chi connectivity index (χ0n) is 11.2. The van der Waals surface area contributed by atoms with E-state index in [0.29, 0.717) is 13.0 Å². The first-order chi connectivity index (χ1) is 9.24. The first-order valence-corrected chi connectivity index (χ1v) is 9.18. The van der Waals surface area contributed by atoms with Crippen LogP contribution in [0.2, 0.25) is 0 Å². The van der Waals surface area contributed by atoms with Gasteiger partial charge in [0.2, 0.25) is 20.0 Å². The summed E-state index contributed by atoms with van der Waals surface area (Å²) in [5, 5.41) is 7.75. The van der Waals surface area contributed by atoms with Gasteiger partial charge >= 0.3 is 0 Å². The summed E-state index contributed by atoms with van der Waals surface area (Å²) in [5.74, 6) is 0.0217. The van der Waals surface area contributed by atoms with Crippen molar-refractivity contribution in [3.05, 3.63) is 29.8 Å². The van der Waals surface area contributed by atoms with Gasteiger partial charge in [-0.25, -0.2) is 26.7 Å². The minimum atomic E-state index is -3.69. The molecule has 0 spiro atoms. The Morgan fingerprint density at radius 3 is 2.15 bits per heavy atom. The molecule has 0 aromatic heterocycles. The molecule has 4 N–H and O–H groups in total. The van der Waals surface area contributed by atoms with Crippen molar-refractivity contribution in [2.75, 3.05) is 25.9 Å². The molecule has 0 radical (unpaired) electrons. The second-order valence-corrected chi connectivity index (χ2v) is 7.74. The fourth-order valence-corrected chi connectivity index (χ4v) is 3.05. The number of sulfonamides is 2. The Balaban J connectivity index is 2.51. The maximum atomic E-state index is 11.5. The molecule has 0 atom stereocenters. The highest BCUT2D eigenvalue weighted by molar-refractivity contribution is 7.89. The minimum absolute atomic E-state index is 0.0217. The maximum Gasteiger partial charge on any atom is 0.238 e. The summed E-state index contributed by atoms with van der Waals surface area (Å²) < 4.78 is 47.7. The van der Waals surface area contributed by atoms with Crippen LogP contribution in [0.15, 0.2) is 29.2 Å². The van der Waals surface area contributed by atoms with Crippen molar-refractivity contribution in [2.45, 2.75) is 11.3 Å². The lowest BCUT2D eigenvalue weighted by Gasteiger charge is -2.07. The minimum Gasteiger partial charge on any atom is -0.319 e. The summed E-state index contributed by atoms with van der Waals surface area (Å²) >= 11 is 0. The standard InChI is InChI=1S/C11H19N3O4S2/c1-13-8-9-19(15,16)14-7-6-10-2-4-11(5-3-10)20(12,17)18/h2-5,13-14H,6-9H2,1H3,(H2,12,17,18). The molecule has 0 aliphatic heterocycles. The molecule has 0 bridgehead atoms. The first-order valence-electron chi connectivity index (χ1n) is 5.98. The summed E-state index contributed by atoms with van der Waals surface area (Å²) in [4.78, 5) is 0.0378. The molecule has 0 fully saturated rings. The Kier molecular flexibility index (Phi) is 6.08. The third-order valence-electron chi connectivity index (χ3n) is 2.61. The molecule has 9 heteroatoms. The monoisotopic (exact) mass is 321 g/mol. The van der Waals surface area contributed by atoms with Crippen LogP contribution >= 0.6 is 0 Å². The average Bonchev–Trinajstić information content (AvgIpc) is 2.36. The fraction of sp³-hybridized carbons (Fsp3) is 0.455. The second kappa shape index (κ2) is 7.14. The summed E-state index contributed by atoms with van der Waals surface area (Å²) in [5.41, 5.74) is 0.828. The number of hydrogen-bond acceptors (Lipinski definition) is 5. The van der Waals surface area contributed by atoms with E-state index in [1.165, 1.54) is 12.1 Å². The van der Waals surface area contributed by atoms with E-state index in [9.17, 15) is 16.8 Å². The van der Waals surface area contributed by atoms with Crippen LogP contribution in [-0.4, -0.2) is 42.7 Å². The van der Waals surface area contributed by atoms with Crippen LogP contribution in [0.25, 0.3) is 0 Å². The van der Waals surface area contributed by atoms with Gasteiger partial charge in [0, 0.05) is 13.1 Å². The van der Waals surface area contributed by atoms with Crippen molar-refractivity contribution >= 4 is 20.0 Å². The lowest BCUT2D eigenvalue weighted by molar-refractivity contribution is 0.579.